The lowest BCUT2D eigenvalue weighted by atomic mass is 9.87. The minimum atomic E-state index is 0.146. The molecule has 2 heteroatoms. The van der Waals surface area contributed by atoms with Crippen LogP contribution in [0.3, 0.4) is 0 Å². The van der Waals surface area contributed by atoms with Crippen LogP contribution in [0.1, 0.15) is 52.7 Å². The van der Waals surface area contributed by atoms with Gasteiger partial charge in [0.05, 0.1) is 11.4 Å². The average molecular weight is 351 g/mol. The second kappa shape index (κ2) is 5.77. The molecule has 2 nitrogen and oxygen atoms in total. The zero-order chi connectivity index (χ0) is 19.6. The predicted octanol–water partition coefficient (Wildman–Crippen LogP) is 4.27. The van der Waals surface area contributed by atoms with Crippen molar-refractivity contribution in [2.24, 2.45) is 10.8 Å². The van der Waals surface area contributed by atoms with E-state index in [2.05, 4.69) is 104 Å². The van der Waals surface area contributed by atoms with Crippen molar-refractivity contribution in [3.8, 4) is 0 Å². The molecule has 0 radical (unpaired) electrons. The van der Waals surface area contributed by atoms with Crippen LogP contribution in [0.4, 0.5) is 11.4 Å². The normalized spacial score (nSPS) is 15.6. The summed E-state index contributed by atoms with van der Waals surface area (Å²) < 4.78 is 0. The molecular weight excluding hydrogens is 316 g/mol. The summed E-state index contributed by atoms with van der Waals surface area (Å²) in [5.74, 6) is 0. The molecule has 0 aliphatic heterocycles. The first kappa shape index (κ1) is 18.8. The van der Waals surface area contributed by atoms with Crippen LogP contribution in [0.15, 0.2) is 11.1 Å². The molecule has 0 bridgehead atoms. The van der Waals surface area contributed by atoms with Gasteiger partial charge in [-0.1, -0.05) is 41.5 Å². The maximum absolute atomic E-state index is 2.40. The van der Waals surface area contributed by atoms with E-state index in [1.807, 2.05) is 0 Å². The number of anilines is 2. The Bertz CT molecular complexity index is 860. The van der Waals surface area contributed by atoms with Gasteiger partial charge in [-0.05, 0) is 46.3 Å². The van der Waals surface area contributed by atoms with Crippen LogP contribution in [0.25, 0.3) is 24.3 Å². The molecule has 0 spiro atoms. The van der Waals surface area contributed by atoms with Gasteiger partial charge in [-0.2, -0.15) is 0 Å². The number of rotatable bonds is 2. The van der Waals surface area contributed by atoms with Crippen molar-refractivity contribution in [2.45, 2.75) is 41.5 Å². The van der Waals surface area contributed by atoms with Gasteiger partial charge in [-0.25, -0.2) is 0 Å². The molecule has 1 aromatic rings. The van der Waals surface area contributed by atoms with Crippen LogP contribution in [0.2, 0.25) is 0 Å². The Labute approximate surface area is 159 Å². The standard InChI is InChI=1S/C24H34N2/c1-23(2,3)15-11-17-18(12-15)22(26(9)10)20-14-16(24(4,5)6)13-19(20)21(17)25(7)8/h11-14H,1-10H3. The quantitative estimate of drug-likeness (QED) is 0.735. The summed E-state index contributed by atoms with van der Waals surface area (Å²) in [4.78, 5) is 4.56. The zero-order valence-corrected chi connectivity index (χ0v) is 18.2. The first-order valence-corrected chi connectivity index (χ1v) is 9.55. The highest BCUT2D eigenvalue weighted by Crippen LogP contribution is 2.38. The summed E-state index contributed by atoms with van der Waals surface area (Å²) in [6.07, 6.45) is 9.61. The molecule has 3 rings (SSSR count). The molecule has 0 unspecified atom stereocenters. The second-order valence-electron chi connectivity index (χ2n) is 10.1. The Morgan fingerprint density at radius 1 is 0.538 bits per heavy atom. The highest BCUT2D eigenvalue weighted by Gasteiger charge is 2.28. The molecule has 0 fully saturated rings. The molecule has 0 saturated heterocycles. The Hall–Kier alpha value is -1.96. The van der Waals surface area contributed by atoms with E-state index in [4.69, 9.17) is 0 Å². The molecule has 0 N–H and O–H groups in total. The minimum absolute atomic E-state index is 0.146. The largest absolute Gasteiger partial charge is 0.377 e. The van der Waals surface area contributed by atoms with E-state index in [0.717, 1.165) is 0 Å². The fourth-order valence-corrected chi connectivity index (χ4v) is 3.92. The zero-order valence-electron chi connectivity index (χ0n) is 18.2. The third-order valence-electron chi connectivity index (χ3n) is 5.43. The van der Waals surface area contributed by atoms with Crippen LogP contribution in [0, 0.1) is 10.8 Å². The minimum Gasteiger partial charge on any atom is -0.377 e. The summed E-state index contributed by atoms with van der Waals surface area (Å²) in [6.45, 7) is 13.8. The first-order valence-electron chi connectivity index (χ1n) is 9.55. The summed E-state index contributed by atoms with van der Waals surface area (Å²) in [5.41, 5.74) is 8.51. The predicted molar refractivity (Wildman–Crippen MR) is 118 cm³/mol. The van der Waals surface area contributed by atoms with Crippen LogP contribution in [-0.4, -0.2) is 28.2 Å². The lowest BCUT2D eigenvalue weighted by Crippen LogP contribution is -2.31. The molecule has 1 aromatic carbocycles. The maximum atomic E-state index is 2.40. The third kappa shape index (κ3) is 2.90. The van der Waals surface area contributed by atoms with Crippen LogP contribution >= 0.6 is 0 Å². The molecule has 0 aromatic heterocycles. The fraction of sp³-hybridized carbons (Fsp3) is 0.500. The van der Waals surface area contributed by atoms with E-state index in [-0.39, 0.29) is 10.8 Å². The number of fused-ring (bicyclic) bond motifs is 2. The van der Waals surface area contributed by atoms with E-state index in [9.17, 15) is 0 Å². The topological polar surface area (TPSA) is 6.48 Å². The van der Waals surface area contributed by atoms with Gasteiger partial charge in [0, 0.05) is 49.8 Å². The maximum Gasteiger partial charge on any atom is 0.0522 e. The summed E-state index contributed by atoms with van der Waals surface area (Å²) >= 11 is 0. The van der Waals surface area contributed by atoms with Crippen molar-refractivity contribution in [2.75, 3.05) is 38.0 Å². The van der Waals surface area contributed by atoms with E-state index >= 15 is 0 Å². The van der Waals surface area contributed by atoms with Gasteiger partial charge in [-0.3, -0.25) is 0 Å². The Balaban J connectivity index is 2.44. The van der Waals surface area contributed by atoms with E-state index < -0.39 is 0 Å². The van der Waals surface area contributed by atoms with Gasteiger partial charge in [0.2, 0.25) is 0 Å². The van der Waals surface area contributed by atoms with Gasteiger partial charge in [-0.15, -0.1) is 0 Å². The monoisotopic (exact) mass is 350 g/mol. The first-order chi connectivity index (χ1) is 11.8. The van der Waals surface area contributed by atoms with Gasteiger partial charge < -0.3 is 9.80 Å². The van der Waals surface area contributed by atoms with E-state index in [0.29, 0.717) is 0 Å². The molecule has 140 valence electrons. The lowest BCUT2D eigenvalue weighted by molar-refractivity contribution is 0.527. The van der Waals surface area contributed by atoms with E-state index in [1.165, 1.54) is 44.1 Å². The molecule has 2 aliphatic carbocycles. The van der Waals surface area contributed by atoms with Crippen molar-refractivity contribution >= 4 is 35.7 Å². The molecule has 0 saturated carbocycles. The van der Waals surface area contributed by atoms with Crippen LogP contribution < -0.4 is 20.2 Å². The average Bonchev–Trinajstić information content (AvgIpc) is 3.05. The number of hydrogen-bond donors (Lipinski definition) is 0. The van der Waals surface area contributed by atoms with Crippen LogP contribution in [-0.2, 0) is 0 Å². The molecule has 0 atom stereocenters. The lowest BCUT2D eigenvalue weighted by Gasteiger charge is -2.23. The van der Waals surface area contributed by atoms with Crippen molar-refractivity contribution in [3.63, 3.8) is 0 Å². The third-order valence-corrected chi connectivity index (χ3v) is 5.43. The van der Waals surface area contributed by atoms with Crippen molar-refractivity contribution in [1.82, 2.24) is 0 Å². The number of hydrogen-bond acceptors (Lipinski definition) is 2. The highest BCUT2D eigenvalue weighted by atomic mass is 15.1. The molecule has 2 aliphatic rings. The number of allylic oxidation sites excluding steroid dienone is 2. The van der Waals surface area contributed by atoms with Gasteiger partial charge in [0.1, 0.15) is 0 Å². The Morgan fingerprint density at radius 2 is 0.846 bits per heavy atom. The fourth-order valence-electron chi connectivity index (χ4n) is 3.92. The molecular formula is C24H34N2. The summed E-state index contributed by atoms with van der Waals surface area (Å²) in [7, 11) is 8.66. The van der Waals surface area contributed by atoms with Crippen molar-refractivity contribution in [3.05, 3.63) is 32.7 Å². The van der Waals surface area contributed by atoms with Crippen LogP contribution in [0.5, 0.6) is 0 Å². The summed E-state index contributed by atoms with van der Waals surface area (Å²) in [5, 5.41) is 2.73. The Morgan fingerprint density at radius 3 is 1.08 bits per heavy atom. The van der Waals surface area contributed by atoms with Gasteiger partial charge in [0.15, 0.2) is 0 Å². The molecule has 0 amide bonds. The second-order valence-corrected chi connectivity index (χ2v) is 10.1. The van der Waals surface area contributed by atoms with Gasteiger partial charge in [0.25, 0.3) is 0 Å². The Kier molecular flexibility index (Phi) is 4.18. The van der Waals surface area contributed by atoms with E-state index in [1.54, 1.807) is 0 Å². The molecule has 0 heterocycles. The molecule has 26 heavy (non-hydrogen) atoms. The highest BCUT2D eigenvalue weighted by molar-refractivity contribution is 5.93. The van der Waals surface area contributed by atoms with Crippen molar-refractivity contribution in [1.29, 1.82) is 0 Å². The smallest absolute Gasteiger partial charge is 0.0522 e. The van der Waals surface area contributed by atoms with Gasteiger partial charge >= 0.3 is 0 Å². The number of nitrogens with zero attached hydrogens (tertiary/aromatic N) is 2. The van der Waals surface area contributed by atoms with Crippen molar-refractivity contribution < 1.29 is 0 Å². The SMILES string of the molecule is CN(C)c1c2c(c(N(C)C)c3c1=CC(C(C)(C)C)=C3)=CC(C(C)(C)C)=C2. The summed E-state index contributed by atoms with van der Waals surface area (Å²) in [6, 6.07) is 0. The number of benzene rings is 1.